The number of nitrogens with one attached hydrogen (secondary N) is 1. The van der Waals surface area contributed by atoms with E-state index in [0.29, 0.717) is 17.2 Å². The predicted octanol–water partition coefficient (Wildman–Crippen LogP) is 3.10. The van der Waals surface area contributed by atoms with Crippen molar-refractivity contribution in [3.63, 3.8) is 0 Å². The lowest BCUT2D eigenvalue weighted by molar-refractivity contribution is 0.239. The highest BCUT2D eigenvalue weighted by atomic mass is 16.5. The number of nitrogens with zero attached hydrogens (tertiary/aromatic N) is 1. The summed E-state index contributed by atoms with van der Waals surface area (Å²) in [5, 5.41) is 3.49. The molecule has 0 aliphatic carbocycles. The Bertz CT molecular complexity index is 673. The van der Waals surface area contributed by atoms with Crippen molar-refractivity contribution in [1.82, 2.24) is 10.2 Å². The molecule has 5 nitrogen and oxygen atoms in total. The van der Waals surface area contributed by atoms with E-state index in [9.17, 15) is 0 Å². The first-order valence-corrected chi connectivity index (χ1v) is 9.08. The van der Waals surface area contributed by atoms with Crippen LogP contribution in [-0.4, -0.2) is 52.4 Å². The largest absolute Gasteiger partial charge is 0.493 e. The van der Waals surface area contributed by atoms with Crippen molar-refractivity contribution in [2.45, 2.75) is 12.5 Å². The van der Waals surface area contributed by atoms with E-state index in [1.165, 1.54) is 5.56 Å². The van der Waals surface area contributed by atoms with Gasteiger partial charge < -0.3 is 19.5 Å². The molecule has 26 heavy (non-hydrogen) atoms. The molecule has 5 heteroatoms. The Kier molecular flexibility index (Phi) is 6.36. The molecule has 3 rings (SSSR count). The molecule has 2 aromatic rings. The van der Waals surface area contributed by atoms with Crippen LogP contribution in [0.2, 0.25) is 0 Å². The van der Waals surface area contributed by atoms with E-state index in [-0.39, 0.29) is 6.04 Å². The van der Waals surface area contributed by atoms with Crippen LogP contribution in [0.15, 0.2) is 42.5 Å². The third kappa shape index (κ3) is 3.94. The second-order valence-corrected chi connectivity index (χ2v) is 6.41. The average molecular weight is 356 g/mol. The first-order chi connectivity index (χ1) is 12.8. The zero-order valence-corrected chi connectivity index (χ0v) is 15.8. The summed E-state index contributed by atoms with van der Waals surface area (Å²) >= 11 is 0. The van der Waals surface area contributed by atoms with E-state index in [4.69, 9.17) is 14.2 Å². The van der Waals surface area contributed by atoms with Gasteiger partial charge in [0.05, 0.1) is 27.4 Å². The Morgan fingerprint density at radius 1 is 0.846 bits per heavy atom. The first kappa shape index (κ1) is 18.5. The lowest BCUT2D eigenvalue weighted by Gasteiger charge is -2.32. The normalized spacial score (nSPS) is 16.6. The van der Waals surface area contributed by atoms with E-state index >= 15 is 0 Å². The van der Waals surface area contributed by atoms with Crippen LogP contribution in [0.4, 0.5) is 0 Å². The van der Waals surface area contributed by atoms with Gasteiger partial charge in [-0.2, -0.15) is 0 Å². The maximum Gasteiger partial charge on any atom is 0.203 e. The van der Waals surface area contributed by atoms with Crippen molar-refractivity contribution in [2.75, 3.05) is 47.5 Å². The van der Waals surface area contributed by atoms with Crippen LogP contribution in [0, 0.1) is 0 Å². The third-order valence-electron chi connectivity index (χ3n) is 4.86. The van der Waals surface area contributed by atoms with Crippen molar-refractivity contribution < 1.29 is 14.2 Å². The summed E-state index contributed by atoms with van der Waals surface area (Å²) in [6.07, 6.45) is 1.13. The highest BCUT2D eigenvalue weighted by Crippen LogP contribution is 2.42. The molecular weight excluding hydrogens is 328 g/mol. The number of hydrogen-bond acceptors (Lipinski definition) is 5. The maximum absolute atomic E-state index is 5.58. The Morgan fingerprint density at radius 3 is 2.15 bits per heavy atom. The van der Waals surface area contributed by atoms with Crippen LogP contribution >= 0.6 is 0 Å². The fourth-order valence-corrected chi connectivity index (χ4v) is 3.63. The van der Waals surface area contributed by atoms with Crippen molar-refractivity contribution in [2.24, 2.45) is 0 Å². The number of methoxy groups -OCH3 is 3. The van der Waals surface area contributed by atoms with Crippen LogP contribution < -0.4 is 19.5 Å². The summed E-state index contributed by atoms with van der Waals surface area (Å²) in [5.74, 6) is 2.01. The van der Waals surface area contributed by atoms with Gasteiger partial charge in [-0.25, -0.2) is 0 Å². The van der Waals surface area contributed by atoms with E-state index < -0.39 is 0 Å². The molecule has 0 spiro atoms. The van der Waals surface area contributed by atoms with Gasteiger partial charge in [-0.3, -0.25) is 4.90 Å². The van der Waals surface area contributed by atoms with Gasteiger partial charge in [-0.15, -0.1) is 0 Å². The van der Waals surface area contributed by atoms with E-state index in [1.807, 2.05) is 0 Å². The Hall–Kier alpha value is -2.24. The van der Waals surface area contributed by atoms with Gasteiger partial charge in [0.15, 0.2) is 11.5 Å². The molecule has 1 atom stereocenters. The topological polar surface area (TPSA) is 43.0 Å². The predicted molar refractivity (Wildman–Crippen MR) is 103 cm³/mol. The molecule has 0 bridgehead atoms. The molecule has 1 N–H and O–H groups in total. The van der Waals surface area contributed by atoms with E-state index in [0.717, 1.165) is 38.2 Å². The number of ether oxygens (including phenoxy) is 3. The Balaban J connectivity index is 2.09. The quantitative estimate of drug-likeness (QED) is 0.862. The summed E-state index contributed by atoms with van der Waals surface area (Å²) in [5.41, 5.74) is 2.41. The van der Waals surface area contributed by atoms with Gasteiger partial charge in [-0.05, 0) is 36.2 Å². The molecule has 0 aromatic heterocycles. The fraction of sp³-hybridized carbons (Fsp3) is 0.429. The van der Waals surface area contributed by atoms with E-state index in [2.05, 4.69) is 52.7 Å². The number of rotatable bonds is 6. The lowest BCUT2D eigenvalue weighted by Crippen LogP contribution is -2.33. The van der Waals surface area contributed by atoms with Crippen LogP contribution in [0.5, 0.6) is 17.2 Å². The summed E-state index contributed by atoms with van der Waals surface area (Å²) in [6, 6.07) is 14.9. The molecule has 140 valence electrons. The molecule has 1 aliphatic rings. The monoisotopic (exact) mass is 356 g/mol. The summed E-state index contributed by atoms with van der Waals surface area (Å²) in [4.78, 5) is 2.52. The molecule has 1 unspecified atom stereocenters. The summed E-state index contributed by atoms with van der Waals surface area (Å²) in [7, 11) is 4.96. The molecule has 0 radical (unpaired) electrons. The van der Waals surface area contributed by atoms with Crippen molar-refractivity contribution in [1.29, 1.82) is 0 Å². The second kappa shape index (κ2) is 8.92. The minimum Gasteiger partial charge on any atom is -0.493 e. The minimum atomic E-state index is 0.143. The summed E-state index contributed by atoms with van der Waals surface area (Å²) in [6.45, 7) is 4.10. The first-order valence-electron chi connectivity index (χ1n) is 9.08. The lowest BCUT2D eigenvalue weighted by atomic mass is 9.96. The minimum absolute atomic E-state index is 0.143. The van der Waals surface area contributed by atoms with Crippen LogP contribution in [-0.2, 0) is 0 Å². The average Bonchev–Trinajstić information content (AvgIpc) is 2.97. The maximum atomic E-state index is 5.58. The van der Waals surface area contributed by atoms with Gasteiger partial charge in [-0.1, -0.05) is 30.3 Å². The van der Waals surface area contributed by atoms with Crippen LogP contribution in [0.3, 0.4) is 0 Å². The van der Waals surface area contributed by atoms with Crippen molar-refractivity contribution >= 4 is 0 Å². The molecule has 0 amide bonds. The van der Waals surface area contributed by atoms with Gasteiger partial charge >= 0.3 is 0 Å². The molecule has 0 saturated carbocycles. The molecule has 2 aromatic carbocycles. The zero-order valence-electron chi connectivity index (χ0n) is 15.8. The highest BCUT2D eigenvalue weighted by molar-refractivity contribution is 5.55. The van der Waals surface area contributed by atoms with Crippen molar-refractivity contribution in [3.05, 3.63) is 53.6 Å². The van der Waals surface area contributed by atoms with Crippen LogP contribution in [0.25, 0.3) is 0 Å². The fourth-order valence-electron chi connectivity index (χ4n) is 3.63. The summed E-state index contributed by atoms with van der Waals surface area (Å²) < 4.78 is 16.7. The molecular formula is C21H28N2O3. The van der Waals surface area contributed by atoms with Gasteiger partial charge in [0.2, 0.25) is 5.75 Å². The second-order valence-electron chi connectivity index (χ2n) is 6.41. The van der Waals surface area contributed by atoms with Crippen molar-refractivity contribution in [3.8, 4) is 17.2 Å². The van der Waals surface area contributed by atoms with Gasteiger partial charge in [0, 0.05) is 19.6 Å². The molecule has 1 saturated heterocycles. The van der Waals surface area contributed by atoms with Gasteiger partial charge in [0.25, 0.3) is 0 Å². The highest BCUT2D eigenvalue weighted by Gasteiger charge is 2.26. The molecule has 1 aliphatic heterocycles. The Morgan fingerprint density at radius 2 is 1.54 bits per heavy atom. The third-order valence-corrected chi connectivity index (χ3v) is 4.86. The van der Waals surface area contributed by atoms with Crippen LogP contribution in [0.1, 0.15) is 23.6 Å². The smallest absolute Gasteiger partial charge is 0.203 e. The zero-order chi connectivity index (χ0) is 18.4. The van der Waals surface area contributed by atoms with Gasteiger partial charge in [0.1, 0.15) is 0 Å². The number of benzene rings is 2. The molecule has 1 fully saturated rings. The molecule has 1 heterocycles. The number of hydrogen-bond donors (Lipinski definition) is 1. The standard InChI is InChI=1S/C21H28N2O3/c1-24-18-14-17(15-19(25-2)21(18)26-3)20(16-8-5-4-6-9-16)23-12-7-10-22-11-13-23/h4-6,8-9,14-15,20,22H,7,10-13H2,1-3H3. The Labute approximate surface area is 155 Å². The SMILES string of the molecule is COc1cc(C(c2ccccc2)N2CCCNCC2)cc(OC)c1OC. The van der Waals surface area contributed by atoms with E-state index in [1.54, 1.807) is 21.3 Å².